The zero-order valence-corrected chi connectivity index (χ0v) is 11.6. The van der Waals surface area contributed by atoms with Gasteiger partial charge in [0.2, 0.25) is 0 Å². The number of amides is 2. The van der Waals surface area contributed by atoms with Crippen LogP contribution in [0.5, 0.6) is 0 Å². The molecule has 2 atom stereocenters. The smallest absolute Gasteiger partial charge is 0.319 e. The monoisotopic (exact) mass is 257 g/mol. The van der Waals surface area contributed by atoms with E-state index >= 15 is 0 Å². The third-order valence-electron chi connectivity index (χ3n) is 3.62. The summed E-state index contributed by atoms with van der Waals surface area (Å²) in [6, 6.07) is 0.569. The predicted molar refractivity (Wildman–Crippen MR) is 68.5 cm³/mol. The Morgan fingerprint density at radius 2 is 1.78 bits per heavy atom. The summed E-state index contributed by atoms with van der Waals surface area (Å²) in [5, 5.41) is 8.62. The Morgan fingerprint density at radius 1 is 1.28 bits per heavy atom. The molecule has 1 saturated heterocycles. The number of hydrogen-bond donors (Lipinski definition) is 1. The number of carbonyl (C=O) groups is 2. The molecule has 0 aliphatic carbocycles. The molecule has 6 heteroatoms. The first-order valence-electron chi connectivity index (χ1n) is 6.26. The third kappa shape index (κ3) is 3.60. The van der Waals surface area contributed by atoms with Crippen LogP contribution in [0.25, 0.3) is 0 Å². The van der Waals surface area contributed by atoms with Crippen LogP contribution in [-0.4, -0.2) is 77.6 Å². The van der Waals surface area contributed by atoms with Gasteiger partial charge >= 0.3 is 12.0 Å². The van der Waals surface area contributed by atoms with Crippen LogP contribution in [-0.2, 0) is 4.79 Å². The van der Waals surface area contributed by atoms with Gasteiger partial charge in [0.1, 0.15) is 0 Å². The number of carboxylic acid groups (broad SMARTS) is 1. The van der Waals surface area contributed by atoms with Gasteiger partial charge in [-0.2, -0.15) is 0 Å². The molecule has 1 aliphatic rings. The maximum absolute atomic E-state index is 12.1. The maximum Gasteiger partial charge on any atom is 0.319 e. The molecule has 1 aliphatic heterocycles. The Balaban J connectivity index is 2.53. The summed E-state index contributed by atoms with van der Waals surface area (Å²) in [5.74, 6) is -0.880. The van der Waals surface area contributed by atoms with Gasteiger partial charge in [-0.1, -0.05) is 0 Å². The summed E-state index contributed by atoms with van der Waals surface area (Å²) in [4.78, 5) is 28.2. The highest BCUT2D eigenvalue weighted by atomic mass is 16.4. The molecule has 2 unspecified atom stereocenters. The van der Waals surface area contributed by atoms with E-state index in [0.717, 1.165) is 0 Å². The van der Waals surface area contributed by atoms with Gasteiger partial charge in [-0.3, -0.25) is 9.69 Å². The fraction of sp³-hybridized carbons (Fsp3) is 0.833. The van der Waals surface area contributed by atoms with Gasteiger partial charge in [-0.15, -0.1) is 0 Å². The molecular weight excluding hydrogens is 234 g/mol. The van der Waals surface area contributed by atoms with E-state index in [1.54, 1.807) is 11.9 Å². The minimum atomic E-state index is -0.880. The van der Waals surface area contributed by atoms with Crippen LogP contribution < -0.4 is 0 Å². The van der Waals surface area contributed by atoms with E-state index in [1.807, 2.05) is 0 Å². The van der Waals surface area contributed by atoms with E-state index in [9.17, 15) is 9.59 Å². The highest BCUT2D eigenvalue weighted by molar-refractivity contribution is 5.75. The molecule has 1 rings (SSSR count). The van der Waals surface area contributed by atoms with Crippen LogP contribution in [0.1, 0.15) is 20.3 Å². The molecule has 0 saturated carbocycles. The molecule has 1 fully saturated rings. The van der Waals surface area contributed by atoms with E-state index in [0.29, 0.717) is 25.2 Å². The molecule has 0 spiro atoms. The number of piperazine rings is 1. The SMILES string of the molecule is CC1CN(C(=O)N(C)CCC(=O)O)CC(C)N1C. The number of rotatable bonds is 3. The Hall–Kier alpha value is -1.30. The Labute approximate surface area is 108 Å². The molecule has 0 bridgehead atoms. The summed E-state index contributed by atoms with van der Waals surface area (Å²) >= 11 is 0. The van der Waals surface area contributed by atoms with Crippen LogP contribution in [0.15, 0.2) is 0 Å². The zero-order chi connectivity index (χ0) is 13.9. The van der Waals surface area contributed by atoms with Crippen molar-refractivity contribution in [3.63, 3.8) is 0 Å². The van der Waals surface area contributed by atoms with Crippen molar-refractivity contribution in [3.8, 4) is 0 Å². The van der Waals surface area contributed by atoms with Crippen molar-refractivity contribution < 1.29 is 14.7 Å². The second-order valence-corrected chi connectivity index (χ2v) is 5.12. The summed E-state index contributed by atoms with van der Waals surface area (Å²) in [5.41, 5.74) is 0. The Morgan fingerprint density at radius 3 is 2.22 bits per heavy atom. The van der Waals surface area contributed by atoms with Gasteiger partial charge in [-0.25, -0.2) is 4.79 Å². The molecular formula is C12H23N3O3. The highest BCUT2D eigenvalue weighted by Gasteiger charge is 2.30. The van der Waals surface area contributed by atoms with Crippen LogP contribution >= 0.6 is 0 Å². The fourth-order valence-electron chi connectivity index (χ4n) is 2.16. The van der Waals surface area contributed by atoms with Gasteiger partial charge in [0.05, 0.1) is 6.42 Å². The quantitative estimate of drug-likeness (QED) is 0.801. The number of likely N-dealkylation sites (N-methyl/N-ethyl adjacent to an activating group) is 1. The van der Waals surface area contributed by atoms with Crippen LogP contribution in [0.3, 0.4) is 0 Å². The van der Waals surface area contributed by atoms with Crippen molar-refractivity contribution in [2.45, 2.75) is 32.4 Å². The molecule has 0 aromatic rings. The van der Waals surface area contributed by atoms with E-state index in [1.165, 1.54) is 4.90 Å². The second kappa shape index (κ2) is 6.04. The zero-order valence-electron chi connectivity index (χ0n) is 11.6. The standard InChI is InChI=1S/C12H23N3O3/c1-9-7-15(8-10(2)14(9)4)12(18)13(3)6-5-11(16)17/h9-10H,5-8H2,1-4H3,(H,16,17). The topological polar surface area (TPSA) is 64.1 Å². The van der Waals surface area contributed by atoms with Crippen LogP contribution in [0, 0.1) is 0 Å². The number of aliphatic carboxylic acids is 1. The minimum Gasteiger partial charge on any atom is -0.481 e. The summed E-state index contributed by atoms with van der Waals surface area (Å²) in [7, 11) is 3.71. The number of carbonyl (C=O) groups excluding carboxylic acids is 1. The van der Waals surface area contributed by atoms with Gasteiger partial charge in [-0.05, 0) is 20.9 Å². The first-order valence-corrected chi connectivity index (χ1v) is 6.26. The van der Waals surface area contributed by atoms with Crippen molar-refractivity contribution in [1.82, 2.24) is 14.7 Å². The normalized spacial score (nSPS) is 25.0. The molecule has 104 valence electrons. The molecule has 6 nitrogen and oxygen atoms in total. The van der Waals surface area contributed by atoms with E-state index in [4.69, 9.17) is 5.11 Å². The first-order chi connectivity index (χ1) is 8.32. The summed E-state index contributed by atoms with van der Waals surface area (Å²) in [6.07, 6.45) is -0.0128. The van der Waals surface area contributed by atoms with Crippen molar-refractivity contribution in [3.05, 3.63) is 0 Å². The average Bonchev–Trinajstić information content (AvgIpc) is 2.31. The fourth-order valence-corrected chi connectivity index (χ4v) is 2.16. The first kappa shape index (κ1) is 14.8. The van der Waals surface area contributed by atoms with Crippen molar-refractivity contribution in [2.24, 2.45) is 0 Å². The van der Waals surface area contributed by atoms with Crippen molar-refractivity contribution in [1.29, 1.82) is 0 Å². The van der Waals surface area contributed by atoms with E-state index < -0.39 is 5.97 Å². The maximum atomic E-state index is 12.1. The molecule has 2 amide bonds. The van der Waals surface area contributed by atoms with Gasteiger partial charge in [0, 0.05) is 38.8 Å². The Kier molecular flexibility index (Phi) is 4.95. The third-order valence-corrected chi connectivity index (χ3v) is 3.62. The predicted octanol–water partition coefficient (Wildman–Crippen LogP) is 0.537. The van der Waals surface area contributed by atoms with Gasteiger partial charge in [0.25, 0.3) is 0 Å². The van der Waals surface area contributed by atoms with Crippen molar-refractivity contribution >= 4 is 12.0 Å². The lowest BCUT2D eigenvalue weighted by Crippen LogP contribution is -2.58. The highest BCUT2D eigenvalue weighted by Crippen LogP contribution is 2.14. The second-order valence-electron chi connectivity index (χ2n) is 5.12. The minimum absolute atomic E-state index is 0.0128. The lowest BCUT2D eigenvalue weighted by atomic mass is 10.1. The van der Waals surface area contributed by atoms with Crippen LogP contribution in [0.2, 0.25) is 0 Å². The molecule has 18 heavy (non-hydrogen) atoms. The van der Waals surface area contributed by atoms with Crippen LogP contribution in [0.4, 0.5) is 4.79 Å². The number of urea groups is 1. The lowest BCUT2D eigenvalue weighted by Gasteiger charge is -2.43. The largest absolute Gasteiger partial charge is 0.481 e. The molecule has 0 radical (unpaired) electrons. The number of nitrogens with zero attached hydrogens (tertiary/aromatic N) is 3. The van der Waals surface area contributed by atoms with Gasteiger partial charge in [0.15, 0.2) is 0 Å². The molecule has 0 aromatic carbocycles. The van der Waals surface area contributed by atoms with E-state index in [-0.39, 0.29) is 19.0 Å². The number of hydrogen-bond acceptors (Lipinski definition) is 3. The molecule has 1 heterocycles. The average molecular weight is 257 g/mol. The lowest BCUT2D eigenvalue weighted by molar-refractivity contribution is -0.137. The molecule has 0 aromatic heterocycles. The summed E-state index contributed by atoms with van der Waals surface area (Å²) in [6.45, 7) is 5.82. The van der Waals surface area contributed by atoms with Gasteiger partial charge < -0.3 is 14.9 Å². The summed E-state index contributed by atoms with van der Waals surface area (Å²) < 4.78 is 0. The molecule has 1 N–H and O–H groups in total. The number of carboxylic acids is 1. The van der Waals surface area contributed by atoms with E-state index in [2.05, 4.69) is 25.8 Å². The Bertz CT molecular complexity index is 310. The van der Waals surface area contributed by atoms with Crippen molar-refractivity contribution in [2.75, 3.05) is 33.7 Å².